The van der Waals surface area contributed by atoms with Crippen molar-refractivity contribution in [2.75, 3.05) is 37.7 Å². The Morgan fingerprint density at radius 3 is 2.43 bits per heavy atom. The largest absolute Gasteiger partial charge is 0.369 e. The summed E-state index contributed by atoms with van der Waals surface area (Å²) in [5.41, 5.74) is 3.80. The van der Waals surface area contributed by atoms with Gasteiger partial charge in [-0.1, -0.05) is 36.4 Å². The molecule has 1 aliphatic carbocycles. The van der Waals surface area contributed by atoms with Crippen LogP contribution in [0.15, 0.2) is 48.5 Å². The van der Waals surface area contributed by atoms with Gasteiger partial charge in [0.1, 0.15) is 5.54 Å². The van der Waals surface area contributed by atoms with E-state index in [1.807, 2.05) is 19.1 Å². The molecule has 3 amide bonds. The summed E-state index contributed by atoms with van der Waals surface area (Å²) >= 11 is 0. The minimum absolute atomic E-state index is 0.157. The molecule has 6 nitrogen and oxygen atoms in total. The highest BCUT2D eigenvalue weighted by molar-refractivity contribution is 6.07. The molecule has 156 valence electrons. The van der Waals surface area contributed by atoms with Gasteiger partial charge in [-0.2, -0.15) is 0 Å². The van der Waals surface area contributed by atoms with Gasteiger partial charge < -0.3 is 10.2 Å². The number of urea groups is 1. The number of aryl methyl sites for hydroxylation is 2. The zero-order valence-corrected chi connectivity index (χ0v) is 17.4. The maximum atomic E-state index is 13.3. The molecule has 0 unspecified atom stereocenters. The van der Waals surface area contributed by atoms with Gasteiger partial charge in [0.15, 0.2) is 0 Å². The Morgan fingerprint density at radius 1 is 0.933 bits per heavy atom. The van der Waals surface area contributed by atoms with E-state index in [0.717, 1.165) is 51.0 Å². The number of nitrogens with one attached hydrogen (secondary N) is 1. The Balaban J connectivity index is 1.26. The number of fused-ring (bicyclic) bond motifs is 1. The highest BCUT2D eigenvalue weighted by atomic mass is 16.2. The van der Waals surface area contributed by atoms with Crippen LogP contribution in [0, 0.1) is 0 Å². The number of amides is 3. The second kappa shape index (κ2) is 7.43. The van der Waals surface area contributed by atoms with E-state index in [9.17, 15) is 9.59 Å². The number of rotatable bonds is 4. The summed E-state index contributed by atoms with van der Waals surface area (Å²) in [6, 6.07) is 16.3. The predicted molar refractivity (Wildman–Crippen MR) is 116 cm³/mol. The molecule has 0 spiro atoms. The van der Waals surface area contributed by atoms with E-state index in [1.165, 1.54) is 21.7 Å². The van der Waals surface area contributed by atoms with Crippen LogP contribution in [-0.4, -0.2) is 54.6 Å². The number of carbonyl (C=O) groups excluding carboxylic acids is 2. The minimum Gasteiger partial charge on any atom is -0.369 e. The Hall–Kier alpha value is -2.86. The van der Waals surface area contributed by atoms with E-state index in [-0.39, 0.29) is 11.9 Å². The minimum atomic E-state index is -0.986. The molecule has 0 radical (unpaired) electrons. The summed E-state index contributed by atoms with van der Waals surface area (Å²) in [5.74, 6) is -0.157. The second-order valence-corrected chi connectivity index (χ2v) is 8.71. The van der Waals surface area contributed by atoms with Gasteiger partial charge in [-0.3, -0.25) is 9.69 Å². The predicted octanol–water partition coefficient (Wildman–Crippen LogP) is 2.72. The smallest absolute Gasteiger partial charge is 0.326 e. The normalized spacial score (nSPS) is 24.3. The number of hydrogen-bond donors (Lipinski definition) is 1. The standard InChI is InChI=1S/C24H28N4O2/c1-24(20-11-10-18-6-5-7-19(18)16-20)22(29)28(23(30)25-24)17-26-12-14-27(15-13-26)21-8-3-2-4-9-21/h2-4,8-11,16H,5-7,12-15,17H2,1H3,(H,25,30)/t24-/m0/s1. The average molecular weight is 405 g/mol. The SMILES string of the molecule is C[C@@]1(c2ccc3c(c2)CCC3)NC(=O)N(CN2CCN(c3ccccc3)CC2)C1=O. The fraction of sp³-hybridized carbons (Fsp3) is 0.417. The topological polar surface area (TPSA) is 55.9 Å². The molecule has 30 heavy (non-hydrogen) atoms. The van der Waals surface area contributed by atoms with E-state index in [0.29, 0.717) is 6.67 Å². The van der Waals surface area contributed by atoms with Gasteiger partial charge in [-0.05, 0) is 55.0 Å². The van der Waals surface area contributed by atoms with E-state index in [1.54, 1.807) is 0 Å². The third kappa shape index (κ3) is 3.25. The molecule has 3 aliphatic rings. The summed E-state index contributed by atoms with van der Waals surface area (Å²) in [6.07, 6.45) is 3.32. The van der Waals surface area contributed by atoms with Gasteiger partial charge >= 0.3 is 6.03 Å². The van der Waals surface area contributed by atoms with Gasteiger partial charge in [0.2, 0.25) is 0 Å². The lowest BCUT2D eigenvalue weighted by atomic mass is 9.90. The fourth-order valence-electron chi connectivity index (χ4n) is 4.89. The first-order chi connectivity index (χ1) is 14.5. The lowest BCUT2D eigenvalue weighted by Crippen LogP contribution is -2.51. The molecule has 2 aromatic carbocycles. The third-order valence-electron chi connectivity index (χ3n) is 6.79. The molecule has 6 heteroatoms. The summed E-state index contributed by atoms with van der Waals surface area (Å²) in [5, 5.41) is 2.96. The highest BCUT2D eigenvalue weighted by Gasteiger charge is 2.49. The molecule has 0 bridgehead atoms. The maximum absolute atomic E-state index is 13.3. The third-order valence-corrected chi connectivity index (χ3v) is 6.79. The van der Waals surface area contributed by atoms with Crippen molar-refractivity contribution < 1.29 is 9.59 Å². The van der Waals surface area contributed by atoms with Crippen molar-refractivity contribution in [1.82, 2.24) is 15.1 Å². The van der Waals surface area contributed by atoms with Crippen molar-refractivity contribution >= 4 is 17.6 Å². The number of nitrogens with zero attached hydrogens (tertiary/aromatic N) is 3. The summed E-state index contributed by atoms with van der Waals surface area (Å²) < 4.78 is 0. The van der Waals surface area contributed by atoms with Crippen LogP contribution in [0.4, 0.5) is 10.5 Å². The van der Waals surface area contributed by atoms with Crippen molar-refractivity contribution in [2.45, 2.75) is 31.7 Å². The molecule has 0 saturated carbocycles. The average Bonchev–Trinajstić information content (AvgIpc) is 3.33. The number of anilines is 1. The Kier molecular flexibility index (Phi) is 4.74. The van der Waals surface area contributed by atoms with Crippen molar-refractivity contribution in [3.05, 3.63) is 65.2 Å². The molecule has 2 aliphatic heterocycles. The molecular formula is C24H28N4O2. The van der Waals surface area contributed by atoms with Crippen molar-refractivity contribution in [1.29, 1.82) is 0 Å². The zero-order chi connectivity index (χ0) is 20.7. The van der Waals surface area contributed by atoms with Gasteiger partial charge in [0.05, 0.1) is 6.67 Å². The van der Waals surface area contributed by atoms with E-state index >= 15 is 0 Å². The Labute approximate surface area is 177 Å². The van der Waals surface area contributed by atoms with E-state index in [4.69, 9.17) is 0 Å². The van der Waals surface area contributed by atoms with Crippen molar-refractivity contribution in [3.63, 3.8) is 0 Å². The Morgan fingerprint density at radius 2 is 1.67 bits per heavy atom. The number of imide groups is 1. The number of para-hydroxylation sites is 1. The van der Waals surface area contributed by atoms with Crippen LogP contribution in [0.25, 0.3) is 0 Å². The van der Waals surface area contributed by atoms with Gasteiger partial charge in [-0.25, -0.2) is 9.69 Å². The number of carbonyl (C=O) groups is 2. The van der Waals surface area contributed by atoms with Crippen molar-refractivity contribution in [2.24, 2.45) is 0 Å². The molecule has 2 heterocycles. The first-order valence-corrected chi connectivity index (χ1v) is 10.8. The highest BCUT2D eigenvalue weighted by Crippen LogP contribution is 2.32. The lowest BCUT2D eigenvalue weighted by Gasteiger charge is -2.37. The number of benzene rings is 2. The molecule has 2 fully saturated rings. The van der Waals surface area contributed by atoms with Gasteiger partial charge in [0.25, 0.3) is 5.91 Å². The van der Waals surface area contributed by atoms with Gasteiger partial charge in [-0.15, -0.1) is 0 Å². The van der Waals surface area contributed by atoms with Crippen LogP contribution in [-0.2, 0) is 23.2 Å². The first kappa shape index (κ1) is 19.1. The molecule has 1 atom stereocenters. The van der Waals surface area contributed by atoms with Crippen LogP contribution in [0.1, 0.15) is 30.0 Å². The van der Waals surface area contributed by atoms with Crippen molar-refractivity contribution in [3.8, 4) is 0 Å². The van der Waals surface area contributed by atoms with Crippen LogP contribution < -0.4 is 10.2 Å². The number of hydrogen-bond acceptors (Lipinski definition) is 4. The summed E-state index contributed by atoms with van der Waals surface area (Å²) in [4.78, 5) is 31.9. The van der Waals surface area contributed by atoms with Crippen LogP contribution in [0.5, 0.6) is 0 Å². The molecule has 0 aromatic heterocycles. The first-order valence-electron chi connectivity index (χ1n) is 10.8. The fourth-order valence-corrected chi connectivity index (χ4v) is 4.89. The molecule has 2 saturated heterocycles. The van der Waals surface area contributed by atoms with E-state index in [2.05, 4.69) is 51.5 Å². The molecule has 1 N–H and O–H groups in total. The lowest BCUT2D eigenvalue weighted by molar-refractivity contribution is -0.132. The van der Waals surface area contributed by atoms with Crippen LogP contribution >= 0.6 is 0 Å². The van der Waals surface area contributed by atoms with Crippen LogP contribution in [0.2, 0.25) is 0 Å². The quantitative estimate of drug-likeness (QED) is 0.797. The van der Waals surface area contributed by atoms with Crippen LogP contribution in [0.3, 0.4) is 0 Å². The zero-order valence-electron chi connectivity index (χ0n) is 17.4. The Bertz CT molecular complexity index is 968. The maximum Gasteiger partial charge on any atom is 0.326 e. The summed E-state index contributed by atoms with van der Waals surface area (Å²) in [6.45, 7) is 5.58. The van der Waals surface area contributed by atoms with Gasteiger partial charge in [0, 0.05) is 31.9 Å². The molecular weight excluding hydrogens is 376 g/mol. The van der Waals surface area contributed by atoms with E-state index < -0.39 is 5.54 Å². The number of piperazine rings is 1. The summed E-state index contributed by atoms with van der Waals surface area (Å²) in [7, 11) is 0. The molecule has 2 aromatic rings. The second-order valence-electron chi connectivity index (χ2n) is 8.71. The monoisotopic (exact) mass is 404 g/mol. The molecule has 5 rings (SSSR count).